The Morgan fingerprint density at radius 1 is 1.12 bits per heavy atom. The summed E-state index contributed by atoms with van der Waals surface area (Å²) >= 11 is 0. The average Bonchev–Trinajstić information content (AvgIpc) is 2.70. The summed E-state index contributed by atoms with van der Waals surface area (Å²) in [6.45, 7) is 14.8. The smallest absolute Gasteiger partial charge is 0.163 e. The third-order valence-electron chi connectivity index (χ3n) is 6.80. The Labute approximate surface area is 196 Å². The largest absolute Gasteiger partial charge is 0.353 e. The fourth-order valence-electron chi connectivity index (χ4n) is 4.83. The second-order valence-corrected chi connectivity index (χ2v) is 10.5. The summed E-state index contributed by atoms with van der Waals surface area (Å²) in [6.07, 6.45) is 5.19. The van der Waals surface area contributed by atoms with Crippen molar-refractivity contribution in [2.45, 2.75) is 125 Å². The minimum absolute atomic E-state index is 0. The molecule has 2 saturated heterocycles. The van der Waals surface area contributed by atoms with E-state index in [0.29, 0.717) is 26.1 Å². The monoisotopic (exact) mass is 456 g/mol. The van der Waals surface area contributed by atoms with Gasteiger partial charge in [-0.2, -0.15) is 0 Å². The van der Waals surface area contributed by atoms with Crippen molar-refractivity contribution in [3.8, 4) is 0 Å². The Kier molecular flexibility index (Phi) is 11.5. The molecule has 6 nitrogen and oxygen atoms in total. The SMILES string of the molecule is C.CC(=O)CCC[C@H](C)C(OC1CCCCO1)[C@@H](C)C(=O)C(C)(C)[C@@H]1CCOC(C)(C)O1. The van der Waals surface area contributed by atoms with Crippen molar-refractivity contribution in [1.29, 1.82) is 0 Å². The molecular formula is C26H48O6. The zero-order valence-corrected chi connectivity index (χ0v) is 20.7. The van der Waals surface area contributed by atoms with E-state index in [0.717, 1.165) is 32.1 Å². The molecule has 2 heterocycles. The molecule has 6 heteroatoms. The maximum Gasteiger partial charge on any atom is 0.163 e. The van der Waals surface area contributed by atoms with E-state index < -0.39 is 11.2 Å². The summed E-state index contributed by atoms with van der Waals surface area (Å²) in [4.78, 5) is 25.1. The van der Waals surface area contributed by atoms with Crippen LogP contribution in [0, 0.1) is 17.3 Å². The summed E-state index contributed by atoms with van der Waals surface area (Å²) in [7, 11) is 0. The average molecular weight is 457 g/mol. The molecular weight excluding hydrogens is 408 g/mol. The number of ketones is 2. The first-order valence-electron chi connectivity index (χ1n) is 12.1. The third-order valence-corrected chi connectivity index (χ3v) is 6.80. The Morgan fingerprint density at radius 3 is 2.38 bits per heavy atom. The number of rotatable bonds is 11. The quantitative estimate of drug-likeness (QED) is 0.397. The maximum absolute atomic E-state index is 13.7. The van der Waals surface area contributed by atoms with Crippen LogP contribution in [-0.4, -0.2) is 49.1 Å². The van der Waals surface area contributed by atoms with Gasteiger partial charge in [-0.3, -0.25) is 4.79 Å². The van der Waals surface area contributed by atoms with Gasteiger partial charge in [0.05, 0.1) is 24.2 Å². The lowest BCUT2D eigenvalue weighted by Crippen LogP contribution is -2.52. The predicted molar refractivity (Wildman–Crippen MR) is 126 cm³/mol. The summed E-state index contributed by atoms with van der Waals surface area (Å²) in [6, 6.07) is 0. The van der Waals surface area contributed by atoms with Crippen molar-refractivity contribution >= 4 is 11.6 Å². The third kappa shape index (κ3) is 8.19. The van der Waals surface area contributed by atoms with Gasteiger partial charge in [-0.25, -0.2) is 0 Å². The molecule has 2 aliphatic rings. The second kappa shape index (κ2) is 12.6. The fraction of sp³-hybridized carbons (Fsp3) is 0.923. The van der Waals surface area contributed by atoms with Crippen molar-refractivity contribution < 1.29 is 28.5 Å². The molecule has 32 heavy (non-hydrogen) atoms. The van der Waals surface area contributed by atoms with Gasteiger partial charge in [0.25, 0.3) is 0 Å². The van der Waals surface area contributed by atoms with E-state index in [1.165, 1.54) is 0 Å². The summed E-state index contributed by atoms with van der Waals surface area (Å²) in [5.41, 5.74) is -0.658. The van der Waals surface area contributed by atoms with Gasteiger partial charge in [0.15, 0.2) is 12.1 Å². The van der Waals surface area contributed by atoms with Crippen LogP contribution in [0.3, 0.4) is 0 Å². The van der Waals surface area contributed by atoms with Crippen LogP contribution in [0.25, 0.3) is 0 Å². The van der Waals surface area contributed by atoms with Crippen LogP contribution in [-0.2, 0) is 28.5 Å². The summed E-state index contributed by atoms with van der Waals surface area (Å²) in [5.74, 6) is -0.497. The van der Waals surface area contributed by atoms with E-state index in [1.807, 2.05) is 34.6 Å². The summed E-state index contributed by atoms with van der Waals surface area (Å²) < 4.78 is 24.1. The van der Waals surface area contributed by atoms with Gasteiger partial charge in [-0.05, 0) is 65.2 Å². The maximum atomic E-state index is 13.7. The molecule has 5 atom stereocenters. The van der Waals surface area contributed by atoms with Crippen molar-refractivity contribution in [3.05, 3.63) is 0 Å². The van der Waals surface area contributed by atoms with Gasteiger partial charge in [-0.15, -0.1) is 0 Å². The molecule has 0 aromatic rings. The Bertz CT molecular complexity index is 593. The molecule has 0 aromatic carbocycles. The minimum Gasteiger partial charge on any atom is -0.353 e. The van der Waals surface area contributed by atoms with Gasteiger partial charge in [0.1, 0.15) is 11.6 Å². The van der Waals surface area contributed by atoms with Crippen LogP contribution in [0.1, 0.15) is 101 Å². The second-order valence-electron chi connectivity index (χ2n) is 10.5. The highest BCUT2D eigenvalue weighted by Crippen LogP contribution is 2.38. The molecule has 0 aromatic heterocycles. The van der Waals surface area contributed by atoms with Crippen molar-refractivity contribution in [2.75, 3.05) is 13.2 Å². The van der Waals surface area contributed by atoms with Crippen LogP contribution >= 0.6 is 0 Å². The van der Waals surface area contributed by atoms with Crippen LogP contribution in [0.4, 0.5) is 0 Å². The first-order chi connectivity index (χ1) is 14.4. The highest BCUT2D eigenvalue weighted by molar-refractivity contribution is 5.87. The van der Waals surface area contributed by atoms with E-state index >= 15 is 0 Å². The number of hydrogen-bond donors (Lipinski definition) is 0. The highest BCUT2D eigenvalue weighted by Gasteiger charge is 2.46. The molecule has 2 fully saturated rings. The molecule has 0 radical (unpaired) electrons. The molecule has 0 saturated carbocycles. The fourth-order valence-corrected chi connectivity index (χ4v) is 4.83. The van der Waals surface area contributed by atoms with Crippen LogP contribution < -0.4 is 0 Å². The molecule has 2 rings (SSSR count). The Balaban J connectivity index is 0.00000512. The van der Waals surface area contributed by atoms with Gasteiger partial charge < -0.3 is 23.7 Å². The van der Waals surface area contributed by atoms with Gasteiger partial charge in [0.2, 0.25) is 0 Å². The molecule has 0 spiro atoms. The molecule has 2 aliphatic heterocycles. The lowest BCUT2D eigenvalue weighted by atomic mass is 9.72. The van der Waals surface area contributed by atoms with E-state index in [1.54, 1.807) is 6.92 Å². The molecule has 188 valence electrons. The molecule has 2 unspecified atom stereocenters. The van der Waals surface area contributed by atoms with Gasteiger partial charge in [-0.1, -0.05) is 35.1 Å². The van der Waals surface area contributed by atoms with Crippen LogP contribution in [0.2, 0.25) is 0 Å². The topological polar surface area (TPSA) is 71.1 Å². The minimum atomic E-state index is -0.685. The lowest BCUT2D eigenvalue weighted by Gasteiger charge is -2.44. The zero-order valence-electron chi connectivity index (χ0n) is 20.7. The first-order valence-corrected chi connectivity index (χ1v) is 12.1. The van der Waals surface area contributed by atoms with E-state index in [9.17, 15) is 9.59 Å². The number of hydrogen-bond acceptors (Lipinski definition) is 6. The van der Waals surface area contributed by atoms with E-state index in [2.05, 4.69) is 6.92 Å². The highest BCUT2D eigenvalue weighted by atomic mass is 16.7. The molecule has 0 bridgehead atoms. The lowest BCUT2D eigenvalue weighted by molar-refractivity contribution is -0.289. The van der Waals surface area contributed by atoms with Gasteiger partial charge in [0, 0.05) is 18.9 Å². The zero-order chi connectivity index (χ0) is 23.2. The van der Waals surface area contributed by atoms with Crippen LogP contribution in [0.5, 0.6) is 0 Å². The number of carbonyl (C=O) groups excluding carboxylic acids is 2. The van der Waals surface area contributed by atoms with Crippen molar-refractivity contribution in [1.82, 2.24) is 0 Å². The predicted octanol–water partition coefficient (Wildman–Crippen LogP) is 5.70. The Hall–Kier alpha value is -0.820. The molecule has 0 aliphatic carbocycles. The Morgan fingerprint density at radius 2 is 1.81 bits per heavy atom. The van der Waals surface area contributed by atoms with Crippen molar-refractivity contribution in [3.63, 3.8) is 0 Å². The molecule has 0 N–H and O–H groups in total. The number of carbonyl (C=O) groups is 2. The normalized spacial score (nSPS) is 26.5. The molecule has 0 amide bonds. The first kappa shape index (κ1) is 29.2. The van der Waals surface area contributed by atoms with E-state index in [4.69, 9.17) is 18.9 Å². The van der Waals surface area contributed by atoms with Crippen LogP contribution in [0.15, 0.2) is 0 Å². The summed E-state index contributed by atoms with van der Waals surface area (Å²) in [5, 5.41) is 0. The number of Topliss-reactive ketones (excluding diaryl/α,β-unsaturated/α-hetero) is 2. The van der Waals surface area contributed by atoms with E-state index in [-0.39, 0.29) is 49.3 Å². The van der Waals surface area contributed by atoms with Gasteiger partial charge >= 0.3 is 0 Å². The standard InChI is InChI=1S/C25H44O6.CH4/c1-17(11-10-12-18(2)26)22(30-21-13-8-9-15-28-21)19(3)23(27)24(4,5)20-14-16-29-25(6,7)31-20;/h17,19-22H,8-16H2,1-7H3;1H4/t17-,19+,20-,21?,22?;/m0./s1. The number of ether oxygens (including phenoxy) is 4. The van der Waals surface area contributed by atoms with Crippen molar-refractivity contribution in [2.24, 2.45) is 17.3 Å².